The summed E-state index contributed by atoms with van der Waals surface area (Å²) in [6.07, 6.45) is 5.65. The minimum absolute atomic E-state index is 0.0892. The Balaban J connectivity index is 1.93. The van der Waals surface area contributed by atoms with E-state index >= 15 is 0 Å². The highest BCUT2D eigenvalue weighted by Gasteiger charge is 2.17. The van der Waals surface area contributed by atoms with Gasteiger partial charge in [0.25, 0.3) is 0 Å². The second kappa shape index (κ2) is 5.48. The molecule has 0 unspecified atom stereocenters. The number of amides is 2. The van der Waals surface area contributed by atoms with Crippen molar-refractivity contribution in [3.05, 3.63) is 24.0 Å². The van der Waals surface area contributed by atoms with Gasteiger partial charge in [-0.1, -0.05) is 12.8 Å². The van der Waals surface area contributed by atoms with E-state index in [1.54, 1.807) is 6.07 Å². The normalized spacial score (nSPS) is 15.3. The molecule has 1 fully saturated rings. The molecule has 1 aromatic rings. The van der Waals surface area contributed by atoms with Crippen molar-refractivity contribution in [2.75, 3.05) is 5.32 Å². The van der Waals surface area contributed by atoms with Crippen LogP contribution in [0.25, 0.3) is 0 Å². The number of aromatic carboxylic acids is 1. The molecule has 0 bridgehead atoms. The minimum atomic E-state index is -1.12. The quantitative estimate of drug-likeness (QED) is 0.762. The number of carbonyl (C=O) groups is 2. The number of anilines is 1. The van der Waals surface area contributed by atoms with Crippen LogP contribution in [0, 0.1) is 0 Å². The maximum Gasteiger partial charge on any atom is 0.354 e. The molecule has 6 heteroatoms. The number of hydrogen-bond donors (Lipinski definition) is 3. The average Bonchev–Trinajstić information content (AvgIpc) is 2.82. The lowest BCUT2D eigenvalue weighted by atomic mass is 10.2. The van der Waals surface area contributed by atoms with E-state index < -0.39 is 5.97 Å². The van der Waals surface area contributed by atoms with Crippen molar-refractivity contribution in [1.82, 2.24) is 10.3 Å². The third-order valence-corrected chi connectivity index (χ3v) is 2.93. The lowest BCUT2D eigenvalue weighted by Crippen LogP contribution is -2.36. The Hall–Kier alpha value is -2.11. The van der Waals surface area contributed by atoms with Gasteiger partial charge in [0.1, 0.15) is 5.69 Å². The Labute approximate surface area is 104 Å². The number of aromatic nitrogens is 1. The molecule has 1 aliphatic carbocycles. The Bertz CT molecular complexity index is 456. The molecule has 0 radical (unpaired) electrons. The smallest absolute Gasteiger partial charge is 0.354 e. The van der Waals surface area contributed by atoms with E-state index in [9.17, 15) is 9.59 Å². The fourth-order valence-corrected chi connectivity index (χ4v) is 2.05. The highest BCUT2D eigenvalue weighted by Crippen LogP contribution is 2.17. The van der Waals surface area contributed by atoms with Gasteiger partial charge in [0.05, 0.1) is 0 Å². The van der Waals surface area contributed by atoms with Crippen LogP contribution in [-0.4, -0.2) is 28.1 Å². The Morgan fingerprint density at radius 2 is 2.06 bits per heavy atom. The maximum atomic E-state index is 11.7. The summed E-state index contributed by atoms with van der Waals surface area (Å²) in [7, 11) is 0. The van der Waals surface area contributed by atoms with Crippen LogP contribution in [0.1, 0.15) is 36.2 Å². The van der Waals surface area contributed by atoms with Crippen molar-refractivity contribution in [2.24, 2.45) is 0 Å². The van der Waals surface area contributed by atoms with Gasteiger partial charge in [-0.3, -0.25) is 0 Å². The number of pyridine rings is 1. The molecular weight excluding hydrogens is 234 g/mol. The second-order valence-electron chi connectivity index (χ2n) is 4.31. The highest BCUT2D eigenvalue weighted by atomic mass is 16.4. The Kier molecular flexibility index (Phi) is 3.76. The van der Waals surface area contributed by atoms with Gasteiger partial charge in [-0.05, 0) is 25.0 Å². The van der Waals surface area contributed by atoms with Crippen molar-refractivity contribution in [3.63, 3.8) is 0 Å². The van der Waals surface area contributed by atoms with E-state index in [0.717, 1.165) is 25.7 Å². The number of carboxylic acids is 1. The van der Waals surface area contributed by atoms with Crippen LogP contribution in [0.3, 0.4) is 0 Å². The van der Waals surface area contributed by atoms with Crippen molar-refractivity contribution >= 4 is 17.7 Å². The van der Waals surface area contributed by atoms with Crippen LogP contribution < -0.4 is 10.6 Å². The van der Waals surface area contributed by atoms with Gasteiger partial charge in [-0.25, -0.2) is 14.6 Å². The predicted molar refractivity (Wildman–Crippen MR) is 65.6 cm³/mol. The summed E-state index contributed by atoms with van der Waals surface area (Å²) in [6, 6.07) is 2.81. The molecule has 2 rings (SSSR count). The fraction of sp³-hybridized carbons (Fsp3) is 0.417. The predicted octanol–water partition coefficient (Wildman–Crippen LogP) is 1.84. The summed E-state index contributed by atoms with van der Waals surface area (Å²) in [5, 5.41) is 14.3. The molecular formula is C12H15N3O3. The molecule has 0 aliphatic heterocycles. The molecule has 3 N–H and O–H groups in total. The van der Waals surface area contributed by atoms with Gasteiger partial charge in [-0.2, -0.15) is 0 Å². The molecule has 0 aromatic carbocycles. The first-order valence-corrected chi connectivity index (χ1v) is 5.92. The number of nitrogens with zero attached hydrogens (tertiary/aromatic N) is 1. The van der Waals surface area contributed by atoms with Gasteiger partial charge in [0.15, 0.2) is 0 Å². The van der Waals surface area contributed by atoms with Gasteiger partial charge in [-0.15, -0.1) is 0 Å². The molecule has 1 saturated carbocycles. The van der Waals surface area contributed by atoms with E-state index in [1.165, 1.54) is 12.3 Å². The fourth-order valence-electron chi connectivity index (χ4n) is 2.05. The standard InChI is InChI=1S/C12H15N3O3/c16-11(17)10-7-9(5-6-13-10)15-12(18)14-8-3-1-2-4-8/h5-8H,1-4H2,(H,16,17)(H2,13,14,15,18). The van der Waals surface area contributed by atoms with E-state index in [-0.39, 0.29) is 17.8 Å². The van der Waals surface area contributed by atoms with E-state index in [2.05, 4.69) is 15.6 Å². The van der Waals surface area contributed by atoms with E-state index in [4.69, 9.17) is 5.11 Å². The lowest BCUT2D eigenvalue weighted by Gasteiger charge is -2.12. The molecule has 1 aliphatic rings. The summed E-state index contributed by atoms with van der Waals surface area (Å²) in [4.78, 5) is 26.1. The molecule has 2 amide bonds. The largest absolute Gasteiger partial charge is 0.477 e. The molecule has 18 heavy (non-hydrogen) atoms. The van der Waals surface area contributed by atoms with Crippen molar-refractivity contribution in [2.45, 2.75) is 31.7 Å². The molecule has 0 spiro atoms. The minimum Gasteiger partial charge on any atom is -0.477 e. The number of carboxylic acid groups (broad SMARTS) is 1. The molecule has 1 aromatic heterocycles. The molecule has 0 atom stereocenters. The first-order valence-electron chi connectivity index (χ1n) is 5.92. The number of urea groups is 1. The van der Waals surface area contributed by atoms with Crippen molar-refractivity contribution < 1.29 is 14.7 Å². The molecule has 1 heterocycles. The zero-order valence-corrected chi connectivity index (χ0v) is 9.85. The highest BCUT2D eigenvalue weighted by molar-refractivity contribution is 5.92. The van der Waals surface area contributed by atoms with Gasteiger partial charge in [0, 0.05) is 17.9 Å². The Morgan fingerprint density at radius 3 is 2.72 bits per heavy atom. The topological polar surface area (TPSA) is 91.3 Å². The SMILES string of the molecule is O=C(Nc1ccnc(C(=O)O)c1)NC1CCCC1. The summed E-state index contributed by atoms with van der Waals surface area (Å²) >= 11 is 0. The van der Waals surface area contributed by atoms with Crippen LogP contribution in [0.2, 0.25) is 0 Å². The Morgan fingerprint density at radius 1 is 1.33 bits per heavy atom. The van der Waals surface area contributed by atoms with Gasteiger partial charge < -0.3 is 15.7 Å². The van der Waals surface area contributed by atoms with Crippen LogP contribution in [0.4, 0.5) is 10.5 Å². The van der Waals surface area contributed by atoms with E-state index in [0.29, 0.717) is 5.69 Å². The second-order valence-corrected chi connectivity index (χ2v) is 4.31. The van der Waals surface area contributed by atoms with Crippen LogP contribution in [0.5, 0.6) is 0 Å². The number of hydrogen-bond acceptors (Lipinski definition) is 3. The zero-order valence-electron chi connectivity index (χ0n) is 9.85. The lowest BCUT2D eigenvalue weighted by molar-refractivity contribution is 0.0690. The molecule has 96 valence electrons. The van der Waals surface area contributed by atoms with Crippen LogP contribution in [-0.2, 0) is 0 Å². The van der Waals surface area contributed by atoms with Gasteiger partial charge in [0.2, 0.25) is 0 Å². The average molecular weight is 249 g/mol. The van der Waals surface area contributed by atoms with Crippen molar-refractivity contribution in [1.29, 1.82) is 0 Å². The maximum absolute atomic E-state index is 11.7. The zero-order chi connectivity index (χ0) is 13.0. The third kappa shape index (κ3) is 3.19. The van der Waals surface area contributed by atoms with Gasteiger partial charge >= 0.3 is 12.0 Å². The summed E-state index contributed by atoms with van der Waals surface area (Å²) in [5.74, 6) is -1.12. The number of carbonyl (C=O) groups excluding carboxylic acids is 1. The monoisotopic (exact) mass is 249 g/mol. The number of nitrogens with one attached hydrogen (secondary N) is 2. The first-order chi connectivity index (χ1) is 8.65. The molecule has 0 saturated heterocycles. The molecule has 6 nitrogen and oxygen atoms in total. The van der Waals surface area contributed by atoms with Crippen LogP contribution in [0.15, 0.2) is 18.3 Å². The first kappa shape index (κ1) is 12.3. The summed E-state index contributed by atoms with van der Waals surface area (Å²) < 4.78 is 0. The van der Waals surface area contributed by atoms with Crippen molar-refractivity contribution in [3.8, 4) is 0 Å². The van der Waals surface area contributed by atoms with Crippen LogP contribution >= 0.6 is 0 Å². The number of rotatable bonds is 3. The van der Waals surface area contributed by atoms with E-state index in [1.807, 2.05) is 0 Å². The summed E-state index contributed by atoms with van der Waals surface area (Å²) in [5.41, 5.74) is 0.339. The summed E-state index contributed by atoms with van der Waals surface area (Å²) in [6.45, 7) is 0. The third-order valence-electron chi connectivity index (χ3n) is 2.93.